The molecule has 2 rings (SSSR count). The van der Waals surface area contributed by atoms with E-state index in [2.05, 4.69) is 20.2 Å². The fourth-order valence-corrected chi connectivity index (χ4v) is 0.906. The van der Waals surface area contributed by atoms with E-state index in [9.17, 15) is 4.79 Å². The number of aliphatic imine (C=N–C) groups is 1. The lowest BCUT2D eigenvalue weighted by Crippen LogP contribution is -2.00. The van der Waals surface area contributed by atoms with E-state index in [4.69, 9.17) is 4.74 Å². The van der Waals surface area contributed by atoms with Gasteiger partial charge in [-0.25, -0.2) is 9.78 Å². The molecule has 60 valence electrons. The molecule has 6 nitrogen and oxygen atoms in total. The van der Waals surface area contributed by atoms with Gasteiger partial charge in [-0.2, -0.15) is 0 Å². The van der Waals surface area contributed by atoms with Gasteiger partial charge in [-0.1, -0.05) is 0 Å². The highest BCUT2D eigenvalue weighted by Gasteiger charge is 2.30. The van der Waals surface area contributed by atoms with Gasteiger partial charge in [0.1, 0.15) is 6.33 Å². The molecule has 0 fully saturated rings. The molecular weight excluding hydrogens is 160 g/mol. The van der Waals surface area contributed by atoms with Gasteiger partial charge in [0, 0.05) is 7.05 Å². The molecule has 6 heteroatoms. The van der Waals surface area contributed by atoms with Crippen molar-refractivity contribution in [2.24, 2.45) is 4.99 Å². The molecule has 2 heterocycles. The molecule has 0 saturated heterocycles. The number of rotatable bonds is 0. The lowest BCUT2D eigenvalue weighted by Gasteiger charge is -1.89. The van der Waals surface area contributed by atoms with Crippen molar-refractivity contribution in [2.45, 2.75) is 0 Å². The topological polar surface area (TPSA) is 77.3 Å². The molecule has 1 aliphatic rings. The van der Waals surface area contributed by atoms with Gasteiger partial charge in [0.15, 0.2) is 5.69 Å². The second kappa shape index (κ2) is 2.33. The first-order chi connectivity index (χ1) is 5.83. The Morgan fingerprint density at radius 2 is 2.33 bits per heavy atom. The second-order valence-electron chi connectivity index (χ2n) is 2.08. The lowest BCUT2D eigenvalue weighted by molar-refractivity contribution is 0.0730. The zero-order chi connectivity index (χ0) is 8.55. The molecule has 0 spiro atoms. The molecule has 0 aliphatic carbocycles. The van der Waals surface area contributed by atoms with Crippen molar-refractivity contribution in [1.82, 2.24) is 15.2 Å². The zero-order valence-electron chi connectivity index (χ0n) is 6.18. The van der Waals surface area contributed by atoms with Crippen molar-refractivity contribution in [2.75, 3.05) is 7.05 Å². The fraction of sp³-hybridized carbons (Fsp3) is 0.167. The maximum absolute atomic E-state index is 11.0. The number of esters is 1. The van der Waals surface area contributed by atoms with Crippen molar-refractivity contribution in [1.29, 1.82) is 0 Å². The molecule has 1 aromatic rings. The minimum absolute atomic E-state index is 0.123. The van der Waals surface area contributed by atoms with Crippen LogP contribution >= 0.6 is 0 Å². The summed E-state index contributed by atoms with van der Waals surface area (Å²) in [6, 6.07) is 0. The molecule has 0 bridgehead atoms. The first kappa shape index (κ1) is 6.84. The Morgan fingerprint density at radius 3 is 3.08 bits per heavy atom. The minimum atomic E-state index is -0.550. The van der Waals surface area contributed by atoms with Crippen molar-refractivity contribution in [3.05, 3.63) is 17.7 Å². The Kier molecular flexibility index (Phi) is 1.33. The number of carbonyl (C=O) groups excluding carboxylic acids is 1. The molecule has 0 radical (unpaired) electrons. The van der Waals surface area contributed by atoms with Crippen LogP contribution in [0.5, 0.6) is 0 Å². The van der Waals surface area contributed by atoms with Crippen LogP contribution in [-0.2, 0) is 4.74 Å². The summed E-state index contributed by atoms with van der Waals surface area (Å²) in [5, 5.41) is 7.03. The number of fused-ring (bicyclic) bond motifs is 1. The Labute approximate surface area is 67.3 Å². The van der Waals surface area contributed by atoms with E-state index in [1.54, 1.807) is 0 Å². The average molecular weight is 164 g/mol. The van der Waals surface area contributed by atoms with Gasteiger partial charge in [-0.3, -0.25) is 4.99 Å². The van der Waals surface area contributed by atoms with Crippen LogP contribution in [0.15, 0.2) is 11.3 Å². The molecule has 12 heavy (non-hydrogen) atoms. The van der Waals surface area contributed by atoms with Crippen molar-refractivity contribution < 1.29 is 9.53 Å². The lowest BCUT2D eigenvalue weighted by atomic mass is 10.3. The van der Waals surface area contributed by atoms with E-state index in [1.807, 2.05) is 0 Å². The Hall–Kier alpha value is -1.85. The fourth-order valence-electron chi connectivity index (χ4n) is 0.906. The molecule has 0 aromatic carbocycles. The summed E-state index contributed by atoms with van der Waals surface area (Å²) in [7, 11) is 1.51. The summed E-state index contributed by atoms with van der Waals surface area (Å²) in [6.07, 6.45) is 1.24. The summed E-state index contributed by atoms with van der Waals surface area (Å²) < 4.78 is 4.73. The SMILES string of the molecule is CN=C1OC(=O)c2nncnc21. The Bertz CT molecular complexity index is 374. The smallest absolute Gasteiger partial charge is 0.368 e. The number of aromatic nitrogens is 3. The summed E-state index contributed by atoms with van der Waals surface area (Å²) in [6.45, 7) is 0. The number of cyclic esters (lactones) is 1. The minimum Gasteiger partial charge on any atom is -0.401 e. The molecule has 0 saturated carbocycles. The van der Waals surface area contributed by atoms with Gasteiger partial charge in [0.25, 0.3) is 0 Å². The molecule has 1 aliphatic heterocycles. The van der Waals surface area contributed by atoms with Crippen LogP contribution in [-0.4, -0.2) is 34.1 Å². The van der Waals surface area contributed by atoms with Crippen LogP contribution in [0.2, 0.25) is 0 Å². The first-order valence-corrected chi connectivity index (χ1v) is 3.20. The molecule has 0 N–H and O–H groups in total. The maximum atomic E-state index is 11.0. The van der Waals surface area contributed by atoms with Gasteiger partial charge in [0.2, 0.25) is 11.6 Å². The quantitative estimate of drug-likeness (QED) is 0.479. The van der Waals surface area contributed by atoms with Gasteiger partial charge >= 0.3 is 5.97 Å². The van der Waals surface area contributed by atoms with Crippen LogP contribution in [0.4, 0.5) is 0 Å². The number of hydrogen-bond donors (Lipinski definition) is 0. The van der Waals surface area contributed by atoms with E-state index in [-0.39, 0.29) is 11.6 Å². The molecule has 1 aromatic heterocycles. The summed E-state index contributed by atoms with van der Waals surface area (Å²) >= 11 is 0. The predicted molar refractivity (Wildman–Crippen MR) is 37.7 cm³/mol. The van der Waals surface area contributed by atoms with Crippen LogP contribution < -0.4 is 0 Å². The second-order valence-corrected chi connectivity index (χ2v) is 2.08. The third-order valence-electron chi connectivity index (χ3n) is 1.41. The van der Waals surface area contributed by atoms with E-state index in [0.29, 0.717) is 5.69 Å². The highest BCUT2D eigenvalue weighted by atomic mass is 16.5. The average Bonchev–Trinajstić information content (AvgIpc) is 2.44. The monoisotopic (exact) mass is 164 g/mol. The zero-order valence-corrected chi connectivity index (χ0v) is 6.18. The number of ether oxygens (including phenoxy) is 1. The van der Waals surface area contributed by atoms with E-state index in [1.165, 1.54) is 13.4 Å². The first-order valence-electron chi connectivity index (χ1n) is 3.20. The Morgan fingerprint density at radius 1 is 1.50 bits per heavy atom. The molecule has 0 amide bonds. The normalized spacial score (nSPS) is 17.8. The standard InChI is InChI=1S/C6H4N4O2/c1-7-5-3-4(6(11)12-5)10-9-2-8-3/h2H,1H3. The maximum Gasteiger partial charge on any atom is 0.368 e. The summed E-state index contributed by atoms with van der Waals surface area (Å²) in [5.74, 6) is -0.351. The molecule has 0 atom stereocenters. The highest BCUT2D eigenvalue weighted by molar-refractivity contribution is 6.14. The molecule has 0 unspecified atom stereocenters. The third kappa shape index (κ3) is 0.777. The number of carbonyl (C=O) groups is 1. The van der Waals surface area contributed by atoms with Crippen LogP contribution in [0.3, 0.4) is 0 Å². The Balaban J connectivity index is 2.65. The summed E-state index contributed by atoms with van der Waals surface area (Å²) in [5.41, 5.74) is 0.482. The van der Waals surface area contributed by atoms with Crippen molar-refractivity contribution in [3.8, 4) is 0 Å². The van der Waals surface area contributed by atoms with Crippen LogP contribution in [0, 0.1) is 0 Å². The largest absolute Gasteiger partial charge is 0.401 e. The highest BCUT2D eigenvalue weighted by Crippen LogP contribution is 2.13. The van der Waals surface area contributed by atoms with Crippen LogP contribution in [0.1, 0.15) is 16.2 Å². The van der Waals surface area contributed by atoms with E-state index < -0.39 is 5.97 Å². The number of nitrogens with zero attached hydrogens (tertiary/aromatic N) is 4. The third-order valence-corrected chi connectivity index (χ3v) is 1.41. The van der Waals surface area contributed by atoms with Gasteiger partial charge < -0.3 is 4.74 Å². The van der Waals surface area contributed by atoms with Crippen LogP contribution in [0.25, 0.3) is 0 Å². The van der Waals surface area contributed by atoms with E-state index >= 15 is 0 Å². The van der Waals surface area contributed by atoms with Crippen molar-refractivity contribution >= 4 is 11.9 Å². The van der Waals surface area contributed by atoms with Crippen molar-refractivity contribution in [3.63, 3.8) is 0 Å². The van der Waals surface area contributed by atoms with Gasteiger partial charge in [0.05, 0.1) is 0 Å². The van der Waals surface area contributed by atoms with Gasteiger partial charge in [-0.15, -0.1) is 10.2 Å². The molecular formula is C6H4N4O2. The predicted octanol–water partition coefficient (Wildman–Crippen LogP) is -0.582. The summed E-state index contributed by atoms with van der Waals surface area (Å²) in [4.78, 5) is 18.5. The van der Waals surface area contributed by atoms with E-state index in [0.717, 1.165) is 0 Å². The van der Waals surface area contributed by atoms with Gasteiger partial charge in [-0.05, 0) is 0 Å². The number of hydrogen-bond acceptors (Lipinski definition) is 6.